The monoisotopic (exact) mass is 317 g/mol. The maximum atomic E-state index is 9.56. The Balaban J connectivity index is 1.70. The van der Waals surface area contributed by atoms with Crippen LogP contribution in [-0.2, 0) is 6.54 Å². The van der Waals surface area contributed by atoms with Crippen molar-refractivity contribution < 1.29 is 14.6 Å². The zero-order valence-electron chi connectivity index (χ0n) is 13.4. The Hall–Kier alpha value is -2.50. The molecule has 2 aromatic rings. The molecule has 118 valence electrons. The molecule has 0 aromatic heterocycles. The fourth-order valence-corrected chi connectivity index (χ4v) is 3.43. The molecule has 0 amide bonds. The number of hydrogen-bond donors (Lipinski definition) is 2. The summed E-state index contributed by atoms with van der Waals surface area (Å²) in [7, 11) is -1.46. The van der Waals surface area contributed by atoms with Crippen molar-refractivity contribution in [1.82, 2.24) is 0 Å². The summed E-state index contributed by atoms with van der Waals surface area (Å²) in [6, 6.07) is 15.6. The fourth-order valence-electron chi connectivity index (χ4n) is 3.43. The normalized spacial score (nSPS) is 18.3. The third kappa shape index (κ3) is 2.42. The summed E-state index contributed by atoms with van der Waals surface area (Å²) in [6.07, 6.45) is 4.23. The molecule has 4 rings (SSSR count). The van der Waals surface area contributed by atoms with Gasteiger partial charge in [0.15, 0.2) is 12.7 Å². The summed E-state index contributed by atoms with van der Waals surface area (Å²) in [4.78, 5) is 4.79. The number of benzene rings is 2. The highest BCUT2D eigenvalue weighted by molar-refractivity contribution is 6.59. The second-order valence-corrected chi connectivity index (χ2v) is 6.16. The Bertz CT molecular complexity index is 900. The maximum Gasteiger partial charge on any atom is 0.488 e. The van der Waals surface area contributed by atoms with Crippen LogP contribution >= 0.6 is 0 Å². The van der Waals surface area contributed by atoms with Gasteiger partial charge < -0.3 is 10.0 Å². The van der Waals surface area contributed by atoms with Crippen molar-refractivity contribution in [3.8, 4) is 0 Å². The SMILES string of the molecule is CC1=[N+](Cc2ccccc2B(O)O)C=CC2C1=Nc1ccccc12. The molecule has 0 spiro atoms. The molecule has 5 heteroatoms. The van der Waals surface area contributed by atoms with Gasteiger partial charge in [0.2, 0.25) is 5.71 Å². The molecule has 2 aliphatic heterocycles. The Morgan fingerprint density at radius 3 is 2.67 bits per heavy atom. The van der Waals surface area contributed by atoms with Crippen LogP contribution in [0.25, 0.3) is 0 Å². The molecule has 0 saturated carbocycles. The first kappa shape index (κ1) is 15.1. The molecule has 2 aliphatic rings. The van der Waals surface area contributed by atoms with E-state index in [1.165, 1.54) is 5.56 Å². The Morgan fingerprint density at radius 1 is 1.08 bits per heavy atom. The largest absolute Gasteiger partial charge is 0.488 e. The number of aliphatic imine (C=N–C) groups is 1. The van der Waals surface area contributed by atoms with Crippen LogP contribution in [0.3, 0.4) is 0 Å². The van der Waals surface area contributed by atoms with Crippen LogP contribution in [0.2, 0.25) is 0 Å². The predicted octanol–water partition coefficient (Wildman–Crippen LogP) is 1.74. The van der Waals surface area contributed by atoms with E-state index in [1.54, 1.807) is 6.07 Å². The van der Waals surface area contributed by atoms with E-state index in [2.05, 4.69) is 29.8 Å². The molecule has 1 atom stereocenters. The second kappa shape index (κ2) is 5.85. The summed E-state index contributed by atoms with van der Waals surface area (Å²) in [6.45, 7) is 2.65. The van der Waals surface area contributed by atoms with Crippen LogP contribution < -0.4 is 5.46 Å². The minimum atomic E-state index is -1.46. The van der Waals surface area contributed by atoms with Crippen molar-refractivity contribution in [2.45, 2.75) is 19.4 Å². The average Bonchev–Trinajstić information content (AvgIpc) is 2.97. The van der Waals surface area contributed by atoms with Crippen LogP contribution in [0.5, 0.6) is 0 Å². The Labute approximate surface area is 141 Å². The smallest absolute Gasteiger partial charge is 0.423 e. The van der Waals surface area contributed by atoms with Gasteiger partial charge >= 0.3 is 7.12 Å². The highest BCUT2D eigenvalue weighted by Crippen LogP contribution is 2.37. The lowest BCUT2D eigenvalue weighted by molar-refractivity contribution is -0.473. The van der Waals surface area contributed by atoms with Crippen molar-refractivity contribution in [2.24, 2.45) is 4.99 Å². The van der Waals surface area contributed by atoms with Gasteiger partial charge in [-0.2, -0.15) is 4.58 Å². The summed E-state index contributed by atoms with van der Waals surface area (Å²) in [5.74, 6) is 0.219. The van der Waals surface area contributed by atoms with Crippen molar-refractivity contribution in [2.75, 3.05) is 0 Å². The molecule has 0 bridgehead atoms. The van der Waals surface area contributed by atoms with E-state index in [9.17, 15) is 10.0 Å². The minimum Gasteiger partial charge on any atom is -0.423 e. The molecular weight excluding hydrogens is 299 g/mol. The van der Waals surface area contributed by atoms with Crippen molar-refractivity contribution in [3.63, 3.8) is 0 Å². The lowest BCUT2D eigenvalue weighted by Gasteiger charge is -2.15. The van der Waals surface area contributed by atoms with Gasteiger partial charge in [-0.25, -0.2) is 4.99 Å². The van der Waals surface area contributed by atoms with Gasteiger partial charge in [-0.1, -0.05) is 42.5 Å². The lowest BCUT2D eigenvalue weighted by Crippen LogP contribution is -2.35. The van der Waals surface area contributed by atoms with E-state index in [1.807, 2.05) is 36.4 Å². The number of rotatable bonds is 3. The second-order valence-electron chi connectivity index (χ2n) is 6.16. The van der Waals surface area contributed by atoms with Gasteiger partial charge in [-0.15, -0.1) is 0 Å². The average molecular weight is 317 g/mol. The van der Waals surface area contributed by atoms with E-state index in [4.69, 9.17) is 4.99 Å². The molecule has 2 N–H and O–H groups in total. The van der Waals surface area contributed by atoms with Crippen molar-refractivity contribution >= 4 is 29.7 Å². The van der Waals surface area contributed by atoms with Crippen LogP contribution in [-0.4, -0.2) is 33.2 Å². The van der Waals surface area contributed by atoms with E-state index in [-0.39, 0.29) is 5.92 Å². The fraction of sp³-hybridized carbons (Fsp3) is 0.158. The first-order valence-electron chi connectivity index (χ1n) is 8.05. The van der Waals surface area contributed by atoms with E-state index in [0.29, 0.717) is 12.0 Å². The first-order valence-corrected chi connectivity index (χ1v) is 8.05. The van der Waals surface area contributed by atoms with Crippen LogP contribution in [0.4, 0.5) is 5.69 Å². The van der Waals surface area contributed by atoms with E-state index >= 15 is 0 Å². The van der Waals surface area contributed by atoms with Gasteiger partial charge in [0, 0.05) is 12.5 Å². The molecule has 24 heavy (non-hydrogen) atoms. The van der Waals surface area contributed by atoms with Gasteiger partial charge in [-0.3, -0.25) is 0 Å². The topological polar surface area (TPSA) is 55.8 Å². The third-order valence-corrected chi connectivity index (χ3v) is 4.74. The lowest BCUT2D eigenvalue weighted by atomic mass is 9.77. The third-order valence-electron chi connectivity index (χ3n) is 4.74. The molecule has 0 aliphatic carbocycles. The zero-order chi connectivity index (χ0) is 16.7. The van der Waals surface area contributed by atoms with Crippen LogP contribution in [0.15, 0.2) is 65.8 Å². The van der Waals surface area contributed by atoms with E-state index in [0.717, 1.165) is 22.7 Å². The molecule has 4 nitrogen and oxygen atoms in total. The first-order chi connectivity index (χ1) is 11.6. The van der Waals surface area contributed by atoms with Gasteiger partial charge in [-0.05, 0) is 23.2 Å². The highest BCUT2D eigenvalue weighted by atomic mass is 16.4. The van der Waals surface area contributed by atoms with E-state index < -0.39 is 7.12 Å². The zero-order valence-corrected chi connectivity index (χ0v) is 13.4. The Morgan fingerprint density at radius 2 is 1.83 bits per heavy atom. The number of nitrogens with zero attached hydrogens (tertiary/aromatic N) is 2. The molecule has 2 heterocycles. The minimum absolute atomic E-state index is 0.219. The summed E-state index contributed by atoms with van der Waals surface area (Å²) < 4.78 is 2.11. The molecule has 0 saturated heterocycles. The maximum absolute atomic E-state index is 9.56. The summed E-state index contributed by atoms with van der Waals surface area (Å²) in [5, 5.41) is 19.1. The molecule has 2 aromatic carbocycles. The molecule has 0 radical (unpaired) electrons. The number of allylic oxidation sites excluding steroid dienone is 1. The molecule has 1 unspecified atom stereocenters. The van der Waals surface area contributed by atoms with Crippen LogP contribution in [0.1, 0.15) is 24.0 Å². The predicted molar refractivity (Wildman–Crippen MR) is 96.3 cm³/mol. The number of fused-ring (bicyclic) bond motifs is 3. The number of hydrogen-bond acceptors (Lipinski definition) is 3. The summed E-state index contributed by atoms with van der Waals surface area (Å²) >= 11 is 0. The van der Waals surface area contributed by atoms with Gasteiger partial charge in [0.05, 0.1) is 11.6 Å². The standard InChI is InChI=1S/C19H18BN2O2/c1-13-19-16(15-7-3-5-9-18(15)21-19)10-11-22(13)12-14-6-2-4-8-17(14)20(23)24/h2-11,16,23-24H,12H2,1H3/q+1. The quantitative estimate of drug-likeness (QED) is 0.669. The highest BCUT2D eigenvalue weighted by Gasteiger charge is 2.34. The van der Waals surface area contributed by atoms with Gasteiger partial charge in [0.25, 0.3) is 0 Å². The molecular formula is C19H18BN2O2+. The number of para-hydroxylation sites is 1. The van der Waals surface area contributed by atoms with Crippen LogP contribution in [0, 0.1) is 0 Å². The van der Waals surface area contributed by atoms with Gasteiger partial charge in [0.1, 0.15) is 5.71 Å². The van der Waals surface area contributed by atoms with Crippen molar-refractivity contribution in [3.05, 3.63) is 71.9 Å². The van der Waals surface area contributed by atoms with Crippen molar-refractivity contribution in [1.29, 1.82) is 0 Å². The summed E-state index contributed by atoms with van der Waals surface area (Å²) in [5.41, 5.74) is 5.88. The Kier molecular flexibility index (Phi) is 3.67. The molecule has 0 fully saturated rings.